The Hall–Kier alpha value is -7.27. The fourth-order valence-corrected chi connectivity index (χ4v) is 5.47. The topological polar surface area (TPSA) is 676 Å². The molecule has 0 saturated heterocycles. The molecule has 0 unspecified atom stereocenters. The number of hydrogen-bond acceptors (Lipinski definition) is 23. The van der Waals surface area contributed by atoms with Crippen LogP contribution in [0.4, 0.5) is 0 Å². The molecule has 0 aromatic carbocycles. The van der Waals surface area contributed by atoms with Gasteiger partial charge in [-0.15, -0.1) is 0 Å². The zero-order valence-corrected chi connectivity index (χ0v) is 54.0. The molecule has 38 nitrogen and oxygen atoms in total. The molecule has 41 heteroatoms. The molecule has 482 valence electrons. The number of hydrogen-bond donors (Lipinski definition) is 20. The number of carboxylic acids is 8. The molecular formula is C48H82Mg3N20O18+6. The molecule has 0 aliphatic heterocycles. The Morgan fingerprint density at radius 3 is 1.06 bits per heavy atom. The summed E-state index contributed by atoms with van der Waals surface area (Å²) in [5.74, 6) is -8.38. The second-order valence-corrected chi connectivity index (χ2v) is 17.3. The van der Waals surface area contributed by atoms with Gasteiger partial charge in [-0.05, 0) is 0 Å². The Kier molecular flexibility index (Phi) is 58.4. The van der Waals surface area contributed by atoms with E-state index in [9.17, 15) is 47.9 Å². The molecular weight excluding hydrogens is 1220 g/mol. The minimum absolute atomic E-state index is 0. The van der Waals surface area contributed by atoms with Gasteiger partial charge in [0.25, 0.3) is 0 Å². The number of aromatic amines is 2. The fraction of sp³-hybridized carbons (Fsp3) is 0.479. The van der Waals surface area contributed by atoms with E-state index in [1.807, 2.05) is 7.05 Å². The standard InChI is InChI=1S/C10H16N4O3.C9H14N4O3.2C7H11N3O2.C6H9N3O2.3C3H7NO2.3Mg/c1-14-6-12-5-7(14)4-8(10(16)17)13-9(15)2-3-11;10-2-1-8(14)13-7(9(15)16)3-6-4-11-5-12-6;1-10-3-5(9-4-10)2-6(8)7(11)12;1-10-4-9-3-5(10)2-6(8)7(11)12;7-5(6(10)11)1-4-2-8-3-9-4;3*4-2-1-3(5)6;;;/h5-6,8H,2-4,11H2,1H3,(H,13,15)(H,16,17);4-5,7H,1-3,10H2,(H,11,12)(H,13,14)(H,15,16);2*3-4,6H,2,8H2,1H3,(H,11,12);2-3,5H,1,7H2,(H,8,9)(H,10,11);3*1-2,4H2,(H,5,6);;;/q;;;;;;;;3*+2/t8-;7-;2*6-;5-;;;;;;/m00000....../s1. The van der Waals surface area contributed by atoms with E-state index in [1.165, 1.54) is 18.9 Å². The Balaban J connectivity index is -0.000000226. The zero-order valence-electron chi connectivity index (χ0n) is 49.7. The first kappa shape index (κ1) is 92.9. The van der Waals surface area contributed by atoms with E-state index in [-0.39, 0.29) is 171 Å². The van der Waals surface area contributed by atoms with Gasteiger partial charge in [0.15, 0.2) is 0 Å². The molecule has 5 aromatic rings. The molecule has 2 amide bonds. The van der Waals surface area contributed by atoms with Crippen molar-refractivity contribution in [1.82, 2.24) is 59.2 Å². The first-order valence-corrected chi connectivity index (χ1v) is 25.4. The number of nitrogens with one attached hydrogen (secondary N) is 4. The molecule has 5 aromatic heterocycles. The van der Waals surface area contributed by atoms with Gasteiger partial charge in [0.2, 0.25) is 11.8 Å². The van der Waals surface area contributed by atoms with Crippen molar-refractivity contribution in [2.45, 2.75) is 94.4 Å². The molecule has 0 aliphatic rings. The number of amides is 2. The van der Waals surface area contributed by atoms with Crippen LogP contribution in [-0.4, -0.2) is 281 Å². The van der Waals surface area contributed by atoms with Crippen molar-refractivity contribution in [2.75, 3.05) is 32.7 Å². The van der Waals surface area contributed by atoms with Crippen LogP contribution >= 0.6 is 0 Å². The predicted octanol–water partition coefficient (Wildman–Crippen LogP) is -7.02. The van der Waals surface area contributed by atoms with Gasteiger partial charge < -0.3 is 121 Å². The van der Waals surface area contributed by atoms with Crippen LogP contribution in [0.3, 0.4) is 0 Å². The SMILES string of the molecule is Cn1cnc(C[C@H](N)C(=O)O)c1.Cn1cncc1C[C@H](N)C(=O)O.Cn1cncc1C[C@H](NC(=O)CCN)C(=O)O.NCCC(=O)N[C@@H](Cc1cnc[nH]1)C(=O)O.NCCC(=O)O.NCCC(=O)O.NCCC(=O)O.N[C@@H](Cc1cnc[nH]1)C(=O)O.[Mg+2].[Mg+2].[Mg+2]. The maximum atomic E-state index is 11.3. The number of nitrogens with zero attached hydrogens (tertiary/aromatic N) is 8. The smallest absolute Gasteiger partial charge is 0.481 e. The van der Waals surface area contributed by atoms with E-state index in [2.05, 4.69) is 45.5 Å². The van der Waals surface area contributed by atoms with Crippen molar-refractivity contribution in [3.63, 3.8) is 0 Å². The average Bonchev–Trinajstić information content (AvgIpc) is 4.36. The summed E-state index contributed by atoms with van der Waals surface area (Å²) < 4.78 is 5.22. The number of aromatic nitrogens is 10. The number of carboxylic acid groups (broad SMARTS) is 8. The first-order chi connectivity index (χ1) is 40.4. The summed E-state index contributed by atoms with van der Waals surface area (Å²) in [6, 6.07) is -4.47. The summed E-state index contributed by atoms with van der Waals surface area (Å²) in [6.07, 6.45) is 17.5. The van der Waals surface area contributed by atoms with Gasteiger partial charge in [-0.3, -0.25) is 38.4 Å². The summed E-state index contributed by atoms with van der Waals surface area (Å²) in [7, 11) is 5.39. The third-order valence-corrected chi connectivity index (χ3v) is 9.87. The normalized spacial score (nSPS) is 11.2. The van der Waals surface area contributed by atoms with Gasteiger partial charge in [0, 0.05) is 153 Å². The monoisotopic (exact) mass is 1300 g/mol. The van der Waals surface area contributed by atoms with Crippen molar-refractivity contribution < 1.29 is 88.8 Å². The average molecular weight is 1300 g/mol. The van der Waals surface area contributed by atoms with Crippen molar-refractivity contribution in [3.05, 3.63) is 91.1 Å². The van der Waals surface area contributed by atoms with Crippen molar-refractivity contribution >= 4 is 129 Å². The number of nitrogens with two attached hydrogens (primary N) is 8. The molecule has 28 N–H and O–H groups in total. The number of aryl methyl sites for hydroxylation is 3. The summed E-state index contributed by atoms with van der Waals surface area (Å²) in [4.78, 5) is 129. The number of carbonyl (C=O) groups excluding carboxylic acids is 2. The van der Waals surface area contributed by atoms with E-state index in [4.69, 9.17) is 86.7 Å². The van der Waals surface area contributed by atoms with Crippen LogP contribution in [0, 0.1) is 0 Å². The van der Waals surface area contributed by atoms with Crippen LogP contribution in [0.1, 0.15) is 60.6 Å². The molecule has 0 aliphatic carbocycles. The summed E-state index contributed by atoms with van der Waals surface area (Å²) >= 11 is 0. The van der Waals surface area contributed by atoms with Crippen LogP contribution in [0.15, 0.2) is 62.6 Å². The van der Waals surface area contributed by atoms with E-state index in [1.54, 1.807) is 71.6 Å². The van der Waals surface area contributed by atoms with E-state index in [0.29, 0.717) is 17.8 Å². The van der Waals surface area contributed by atoms with E-state index in [0.717, 1.165) is 17.1 Å². The molecule has 0 fully saturated rings. The molecule has 5 rings (SSSR count). The minimum atomic E-state index is -1.08. The summed E-state index contributed by atoms with van der Waals surface area (Å²) in [5.41, 5.74) is 44.5. The Labute approximate surface area is 558 Å². The summed E-state index contributed by atoms with van der Waals surface area (Å²) in [5, 5.41) is 71.7. The predicted molar refractivity (Wildman–Crippen MR) is 320 cm³/mol. The molecule has 0 saturated carbocycles. The quantitative estimate of drug-likeness (QED) is 0.0217. The first-order valence-electron chi connectivity index (χ1n) is 25.4. The third kappa shape index (κ3) is 51.3. The Bertz CT molecular complexity index is 2700. The number of carbonyl (C=O) groups is 10. The Morgan fingerprint density at radius 2 is 0.787 bits per heavy atom. The van der Waals surface area contributed by atoms with Gasteiger partial charge in [-0.1, -0.05) is 0 Å². The maximum Gasteiger partial charge on any atom is 2.00 e. The number of aliphatic carboxylic acids is 8. The second-order valence-electron chi connectivity index (χ2n) is 17.3. The van der Waals surface area contributed by atoms with E-state index < -0.39 is 78.0 Å². The molecule has 0 bridgehead atoms. The zero-order chi connectivity index (χ0) is 66.3. The van der Waals surface area contributed by atoms with Gasteiger partial charge in [0.05, 0.1) is 56.6 Å². The van der Waals surface area contributed by atoms with Crippen molar-refractivity contribution in [2.24, 2.45) is 67.0 Å². The van der Waals surface area contributed by atoms with Crippen LogP contribution in [0.25, 0.3) is 0 Å². The molecule has 5 heterocycles. The van der Waals surface area contributed by atoms with Gasteiger partial charge >= 0.3 is 117 Å². The number of imidazole rings is 5. The maximum absolute atomic E-state index is 11.3. The van der Waals surface area contributed by atoms with Gasteiger partial charge in [-0.25, -0.2) is 34.5 Å². The van der Waals surface area contributed by atoms with Crippen LogP contribution in [0.5, 0.6) is 0 Å². The van der Waals surface area contributed by atoms with Crippen LogP contribution < -0.4 is 56.5 Å². The molecule has 5 atom stereocenters. The number of rotatable bonds is 27. The molecule has 89 heavy (non-hydrogen) atoms. The largest absolute Gasteiger partial charge is 2.00 e. The van der Waals surface area contributed by atoms with Crippen LogP contribution in [-0.2, 0) is 101 Å². The van der Waals surface area contributed by atoms with Crippen molar-refractivity contribution in [1.29, 1.82) is 0 Å². The van der Waals surface area contributed by atoms with E-state index >= 15 is 0 Å². The summed E-state index contributed by atoms with van der Waals surface area (Å²) in [6.45, 7) is 1.09. The second kappa shape index (κ2) is 56.0. The minimum Gasteiger partial charge on any atom is -0.481 e. The third-order valence-electron chi connectivity index (χ3n) is 9.87. The Morgan fingerprint density at radius 1 is 0.449 bits per heavy atom. The molecule has 0 radical (unpaired) electrons. The van der Waals surface area contributed by atoms with Gasteiger partial charge in [-0.2, -0.15) is 0 Å². The fourth-order valence-electron chi connectivity index (χ4n) is 5.47. The number of H-pyrrole nitrogens is 2. The van der Waals surface area contributed by atoms with Gasteiger partial charge in [0.1, 0.15) is 30.2 Å². The van der Waals surface area contributed by atoms with Crippen molar-refractivity contribution in [3.8, 4) is 0 Å². The van der Waals surface area contributed by atoms with Crippen LogP contribution in [0.2, 0.25) is 0 Å². The molecule has 0 spiro atoms.